The van der Waals surface area contributed by atoms with Crippen LogP contribution in [0.15, 0.2) is 85.1 Å². The van der Waals surface area contributed by atoms with Crippen LogP contribution in [0.25, 0.3) is 0 Å². The van der Waals surface area contributed by atoms with Gasteiger partial charge in [0, 0.05) is 67.8 Å². The molecular weight excluding hydrogens is 612 g/mol. The normalized spacial score (nSPS) is 13.6. The number of aryl methyl sites for hydroxylation is 1. The van der Waals surface area contributed by atoms with Crippen molar-refractivity contribution in [3.8, 4) is 0 Å². The molecule has 3 aromatic carbocycles. The maximum absolute atomic E-state index is 13.8. The SMILES string of the molecule is Cc1cccc(Cl)c1CC(=O)c1cnc(Nc2ccc(N3CCN(C)CC3)cc2)nc1Nc1ccccc1NC(=O)/C=C/CN(C)C. The van der Waals surface area contributed by atoms with E-state index in [1.807, 2.05) is 68.4 Å². The molecule has 2 heterocycles. The summed E-state index contributed by atoms with van der Waals surface area (Å²) in [7, 11) is 6.01. The molecule has 1 aliphatic rings. The molecule has 0 spiro atoms. The molecule has 0 bridgehead atoms. The average Bonchev–Trinajstić information content (AvgIpc) is 3.04. The second-order valence-corrected chi connectivity index (χ2v) is 12.3. The summed E-state index contributed by atoms with van der Waals surface area (Å²) >= 11 is 6.47. The van der Waals surface area contributed by atoms with Crippen LogP contribution >= 0.6 is 11.6 Å². The zero-order valence-corrected chi connectivity index (χ0v) is 28.0. The van der Waals surface area contributed by atoms with E-state index in [0.717, 1.165) is 48.7 Å². The molecule has 1 saturated heterocycles. The fraction of sp³-hybridized carbons (Fsp3) is 0.278. The molecule has 4 aromatic rings. The van der Waals surface area contributed by atoms with Gasteiger partial charge in [-0.05, 0) is 81.7 Å². The van der Waals surface area contributed by atoms with Gasteiger partial charge in [-0.15, -0.1) is 0 Å². The van der Waals surface area contributed by atoms with E-state index >= 15 is 0 Å². The second-order valence-electron chi connectivity index (χ2n) is 11.9. The first kappa shape index (κ1) is 33.6. The van der Waals surface area contributed by atoms with Gasteiger partial charge in [-0.25, -0.2) is 4.98 Å². The third-order valence-corrected chi connectivity index (χ3v) is 8.30. The van der Waals surface area contributed by atoms with E-state index in [1.54, 1.807) is 18.2 Å². The van der Waals surface area contributed by atoms with Gasteiger partial charge in [0.15, 0.2) is 5.78 Å². The van der Waals surface area contributed by atoms with Gasteiger partial charge in [0.25, 0.3) is 0 Å². The van der Waals surface area contributed by atoms with Gasteiger partial charge in [-0.1, -0.05) is 41.9 Å². The molecule has 0 atom stereocenters. The van der Waals surface area contributed by atoms with Crippen LogP contribution in [0.3, 0.4) is 0 Å². The largest absolute Gasteiger partial charge is 0.369 e. The molecule has 0 unspecified atom stereocenters. The Balaban J connectivity index is 1.41. The van der Waals surface area contributed by atoms with Crippen LogP contribution in [0.1, 0.15) is 21.5 Å². The first-order chi connectivity index (χ1) is 22.7. The molecular formula is C36H41ClN8O2. The van der Waals surface area contributed by atoms with Gasteiger partial charge in [-0.2, -0.15) is 4.98 Å². The summed E-state index contributed by atoms with van der Waals surface area (Å²) in [6, 6.07) is 21.0. The number of nitrogens with one attached hydrogen (secondary N) is 3. The highest BCUT2D eigenvalue weighted by Crippen LogP contribution is 2.30. The summed E-state index contributed by atoms with van der Waals surface area (Å²) in [5.41, 5.74) is 5.08. The Kier molecular flexibility index (Phi) is 11.2. The number of amides is 1. The first-order valence-corrected chi connectivity index (χ1v) is 16.0. The molecule has 0 radical (unpaired) electrons. The van der Waals surface area contributed by atoms with Crippen molar-refractivity contribution in [3.05, 3.63) is 107 Å². The van der Waals surface area contributed by atoms with Crippen molar-refractivity contribution in [1.82, 2.24) is 19.8 Å². The van der Waals surface area contributed by atoms with Gasteiger partial charge in [0.05, 0.1) is 16.9 Å². The Morgan fingerprint density at radius 3 is 2.36 bits per heavy atom. The highest BCUT2D eigenvalue weighted by atomic mass is 35.5. The van der Waals surface area contributed by atoms with Crippen molar-refractivity contribution in [2.45, 2.75) is 13.3 Å². The predicted octanol–water partition coefficient (Wildman–Crippen LogP) is 6.16. The molecule has 3 N–H and O–H groups in total. The minimum Gasteiger partial charge on any atom is -0.369 e. The lowest BCUT2D eigenvalue weighted by atomic mass is 10.00. The van der Waals surface area contributed by atoms with Gasteiger partial charge in [0.1, 0.15) is 5.82 Å². The molecule has 1 aliphatic heterocycles. The van der Waals surface area contributed by atoms with E-state index in [9.17, 15) is 9.59 Å². The Morgan fingerprint density at radius 2 is 1.66 bits per heavy atom. The Labute approximate surface area is 281 Å². The number of aromatic nitrogens is 2. The quantitative estimate of drug-likeness (QED) is 0.123. The number of para-hydroxylation sites is 2. The zero-order chi connectivity index (χ0) is 33.3. The van der Waals surface area contributed by atoms with Gasteiger partial charge in [-0.3, -0.25) is 9.59 Å². The standard InChI is InChI=1S/C36H41ClN8O2/c1-25-9-7-10-30(37)28(25)23-33(46)29-24-38-36(39-26-14-16-27(17-15-26)45-21-19-44(4)20-22-45)42-35(29)41-32-12-6-5-11-31(32)40-34(47)13-8-18-43(2)3/h5-17,24H,18-23H2,1-4H3,(H,40,47)(H2,38,39,41,42)/b13-8+. The molecule has 47 heavy (non-hydrogen) atoms. The predicted molar refractivity (Wildman–Crippen MR) is 192 cm³/mol. The number of rotatable bonds is 12. The highest BCUT2D eigenvalue weighted by molar-refractivity contribution is 6.31. The molecule has 10 nitrogen and oxygen atoms in total. The number of Topliss-reactive ketones (excluding diaryl/α,β-unsaturated/α-hetero) is 1. The summed E-state index contributed by atoms with van der Waals surface area (Å²) in [6.45, 7) is 6.60. The van der Waals surface area contributed by atoms with Crippen LogP contribution in [-0.4, -0.2) is 85.3 Å². The summed E-state index contributed by atoms with van der Waals surface area (Å²) in [5, 5.41) is 10.0. The van der Waals surface area contributed by atoms with Gasteiger partial charge < -0.3 is 30.7 Å². The number of ketones is 1. The number of nitrogens with zero attached hydrogens (tertiary/aromatic N) is 5. The third kappa shape index (κ3) is 9.16. The number of halogens is 1. The third-order valence-electron chi connectivity index (χ3n) is 7.95. The maximum atomic E-state index is 13.8. The first-order valence-electron chi connectivity index (χ1n) is 15.6. The number of hydrogen-bond acceptors (Lipinski definition) is 9. The monoisotopic (exact) mass is 652 g/mol. The fourth-order valence-corrected chi connectivity index (χ4v) is 5.50. The summed E-state index contributed by atoms with van der Waals surface area (Å²) in [5.74, 6) is 0.158. The molecule has 11 heteroatoms. The van der Waals surface area contributed by atoms with E-state index in [4.69, 9.17) is 16.6 Å². The smallest absolute Gasteiger partial charge is 0.248 e. The summed E-state index contributed by atoms with van der Waals surface area (Å²) in [6.07, 6.45) is 4.90. The van der Waals surface area contributed by atoms with Crippen molar-refractivity contribution in [1.29, 1.82) is 0 Å². The van der Waals surface area contributed by atoms with E-state index in [-0.39, 0.29) is 18.1 Å². The van der Waals surface area contributed by atoms with Crippen LogP contribution in [0, 0.1) is 6.92 Å². The van der Waals surface area contributed by atoms with E-state index in [0.29, 0.717) is 40.3 Å². The Morgan fingerprint density at radius 1 is 0.936 bits per heavy atom. The Bertz CT molecular complexity index is 1710. The summed E-state index contributed by atoms with van der Waals surface area (Å²) < 4.78 is 0. The van der Waals surface area contributed by atoms with Crippen LogP contribution in [0.2, 0.25) is 5.02 Å². The minimum absolute atomic E-state index is 0.0825. The number of likely N-dealkylation sites (N-methyl/N-ethyl adjacent to an activating group) is 2. The fourth-order valence-electron chi connectivity index (χ4n) is 5.21. The average molecular weight is 653 g/mol. The number of carbonyl (C=O) groups is 2. The van der Waals surface area contributed by atoms with Gasteiger partial charge in [0.2, 0.25) is 11.9 Å². The maximum Gasteiger partial charge on any atom is 0.248 e. The van der Waals surface area contributed by atoms with E-state index < -0.39 is 0 Å². The highest BCUT2D eigenvalue weighted by Gasteiger charge is 2.20. The van der Waals surface area contributed by atoms with Crippen LogP contribution in [-0.2, 0) is 11.2 Å². The summed E-state index contributed by atoms with van der Waals surface area (Å²) in [4.78, 5) is 42.4. The molecule has 5 rings (SSSR count). The lowest BCUT2D eigenvalue weighted by Gasteiger charge is -2.34. The number of hydrogen-bond donors (Lipinski definition) is 3. The minimum atomic E-state index is -0.267. The van der Waals surface area contributed by atoms with E-state index in [1.165, 1.54) is 12.3 Å². The second kappa shape index (κ2) is 15.7. The lowest BCUT2D eigenvalue weighted by molar-refractivity contribution is -0.111. The number of benzene rings is 3. The Hall–Kier alpha value is -4.77. The molecule has 1 amide bonds. The lowest BCUT2D eigenvalue weighted by Crippen LogP contribution is -2.44. The van der Waals surface area contributed by atoms with Crippen molar-refractivity contribution < 1.29 is 9.59 Å². The van der Waals surface area contributed by atoms with Gasteiger partial charge >= 0.3 is 0 Å². The molecule has 1 fully saturated rings. The topological polar surface area (TPSA) is 106 Å². The van der Waals surface area contributed by atoms with Crippen molar-refractivity contribution >= 4 is 57.8 Å². The van der Waals surface area contributed by atoms with Crippen LogP contribution < -0.4 is 20.9 Å². The van der Waals surface area contributed by atoms with E-state index in [2.05, 4.69) is 49.9 Å². The molecule has 1 aromatic heterocycles. The van der Waals surface area contributed by atoms with Crippen molar-refractivity contribution in [2.75, 3.05) is 74.7 Å². The molecule has 244 valence electrons. The number of carbonyl (C=O) groups excluding carboxylic acids is 2. The molecule has 0 saturated carbocycles. The number of anilines is 6. The van der Waals surface area contributed by atoms with Crippen molar-refractivity contribution in [3.63, 3.8) is 0 Å². The van der Waals surface area contributed by atoms with Crippen LogP contribution in [0.4, 0.5) is 34.5 Å². The molecule has 0 aliphatic carbocycles. The number of piperazine rings is 1. The van der Waals surface area contributed by atoms with Crippen LogP contribution in [0.5, 0.6) is 0 Å². The zero-order valence-electron chi connectivity index (χ0n) is 27.3. The van der Waals surface area contributed by atoms with Crippen molar-refractivity contribution in [2.24, 2.45) is 0 Å².